The zero-order chi connectivity index (χ0) is 15.9. The summed E-state index contributed by atoms with van der Waals surface area (Å²) < 4.78 is 2.35. The number of unbranched alkanes of at least 4 members (excludes halogenated alkanes) is 1. The molecule has 22 heavy (non-hydrogen) atoms. The number of benzene rings is 1. The topological polar surface area (TPSA) is 85.8 Å². The summed E-state index contributed by atoms with van der Waals surface area (Å²) in [6.07, 6.45) is 2.04. The summed E-state index contributed by atoms with van der Waals surface area (Å²) in [5.41, 5.74) is 0.864. The molecule has 1 aromatic heterocycles. The molecular weight excluding hydrogens is 366 g/mol. The lowest BCUT2D eigenvalue weighted by molar-refractivity contribution is -0.118. The molecule has 0 unspecified atom stereocenters. The molecule has 118 valence electrons. The fourth-order valence-corrected chi connectivity index (χ4v) is 2.87. The lowest BCUT2D eigenvalue weighted by Gasteiger charge is -2.05. The molecule has 0 aliphatic heterocycles. The Labute approximate surface area is 142 Å². The van der Waals surface area contributed by atoms with Crippen molar-refractivity contribution < 1.29 is 4.79 Å². The first kappa shape index (κ1) is 16.8. The number of nitrogen functional groups attached to an aromatic ring is 1. The summed E-state index contributed by atoms with van der Waals surface area (Å²) in [6, 6.07) is 7.66. The third-order valence-electron chi connectivity index (χ3n) is 2.93. The number of carbonyl (C=O) groups is 1. The van der Waals surface area contributed by atoms with Crippen molar-refractivity contribution in [2.75, 3.05) is 18.1 Å². The van der Waals surface area contributed by atoms with E-state index in [2.05, 4.69) is 38.4 Å². The summed E-state index contributed by atoms with van der Waals surface area (Å²) in [4.78, 5) is 11.7. The zero-order valence-corrected chi connectivity index (χ0v) is 14.7. The van der Waals surface area contributed by atoms with Gasteiger partial charge in [-0.15, -0.1) is 10.2 Å². The number of nitrogens with one attached hydrogen (secondary N) is 1. The maximum Gasteiger partial charge on any atom is 0.230 e. The molecule has 1 aromatic carbocycles. The quantitative estimate of drug-likeness (QED) is 0.435. The molecule has 0 spiro atoms. The molecule has 3 N–H and O–H groups in total. The predicted molar refractivity (Wildman–Crippen MR) is 92.0 cm³/mol. The second-order valence-corrected chi connectivity index (χ2v) is 6.54. The van der Waals surface area contributed by atoms with Crippen molar-refractivity contribution in [3.63, 3.8) is 0 Å². The highest BCUT2D eigenvalue weighted by Crippen LogP contribution is 2.23. The Morgan fingerprint density at radius 2 is 2.27 bits per heavy atom. The van der Waals surface area contributed by atoms with Crippen LogP contribution >= 0.6 is 27.7 Å². The number of amides is 1. The summed E-state index contributed by atoms with van der Waals surface area (Å²) in [7, 11) is 0. The van der Waals surface area contributed by atoms with E-state index in [1.54, 1.807) is 0 Å². The Kier molecular flexibility index (Phi) is 6.26. The number of hydrogen-bond acceptors (Lipinski definition) is 5. The van der Waals surface area contributed by atoms with Crippen molar-refractivity contribution in [1.82, 2.24) is 20.2 Å². The maximum atomic E-state index is 11.7. The van der Waals surface area contributed by atoms with E-state index in [1.807, 2.05) is 24.3 Å². The van der Waals surface area contributed by atoms with Crippen LogP contribution in [0.4, 0.5) is 0 Å². The van der Waals surface area contributed by atoms with E-state index < -0.39 is 0 Å². The first-order valence-electron chi connectivity index (χ1n) is 6.97. The Morgan fingerprint density at radius 3 is 3.00 bits per heavy atom. The monoisotopic (exact) mass is 383 g/mol. The fourth-order valence-electron chi connectivity index (χ4n) is 1.79. The second-order valence-electron chi connectivity index (χ2n) is 4.68. The number of nitrogens with two attached hydrogens (primary N) is 1. The van der Waals surface area contributed by atoms with Gasteiger partial charge in [-0.25, -0.2) is 4.68 Å². The zero-order valence-electron chi connectivity index (χ0n) is 12.3. The number of rotatable bonds is 7. The third kappa shape index (κ3) is 4.48. The van der Waals surface area contributed by atoms with Crippen LogP contribution in [0.25, 0.3) is 11.4 Å². The van der Waals surface area contributed by atoms with Crippen molar-refractivity contribution in [3.8, 4) is 11.4 Å². The van der Waals surface area contributed by atoms with Gasteiger partial charge in [-0.1, -0.05) is 53.2 Å². The van der Waals surface area contributed by atoms with Gasteiger partial charge in [0, 0.05) is 16.6 Å². The van der Waals surface area contributed by atoms with E-state index in [-0.39, 0.29) is 11.7 Å². The van der Waals surface area contributed by atoms with E-state index in [0.717, 1.165) is 22.9 Å². The Hall–Kier alpha value is -1.54. The van der Waals surface area contributed by atoms with Gasteiger partial charge in [-0.05, 0) is 18.6 Å². The molecule has 2 rings (SSSR count). The number of thioether (sulfide) groups is 1. The average molecular weight is 384 g/mol. The highest BCUT2D eigenvalue weighted by molar-refractivity contribution is 9.10. The standard InChI is InChI=1S/C14H18BrN5OS/c1-2-3-7-17-12(21)9-22-14-19-18-13(20(14)16)10-5-4-6-11(15)8-10/h4-6,8H,2-3,7,9,16H2,1H3,(H,17,21). The molecule has 0 radical (unpaired) electrons. The summed E-state index contributed by atoms with van der Waals surface area (Å²) in [5, 5.41) is 11.5. The molecular formula is C14H18BrN5OS. The molecule has 2 aromatic rings. The molecule has 0 saturated heterocycles. The van der Waals surface area contributed by atoms with Crippen LogP contribution in [0.5, 0.6) is 0 Å². The minimum Gasteiger partial charge on any atom is -0.355 e. The molecule has 1 heterocycles. The van der Waals surface area contributed by atoms with Crippen molar-refractivity contribution in [2.24, 2.45) is 0 Å². The number of aromatic nitrogens is 3. The number of hydrogen-bond donors (Lipinski definition) is 2. The lowest BCUT2D eigenvalue weighted by atomic mass is 10.2. The van der Waals surface area contributed by atoms with Crippen LogP contribution in [0.1, 0.15) is 19.8 Å². The summed E-state index contributed by atoms with van der Waals surface area (Å²) in [6.45, 7) is 2.79. The van der Waals surface area contributed by atoms with Crippen molar-refractivity contribution in [3.05, 3.63) is 28.7 Å². The molecule has 0 fully saturated rings. The van der Waals surface area contributed by atoms with E-state index >= 15 is 0 Å². The van der Waals surface area contributed by atoms with E-state index in [0.29, 0.717) is 17.5 Å². The largest absolute Gasteiger partial charge is 0.355 e. The summed E-state index contributed by atoms with van der Waals surface area (Å²) in [5.74, 6) is 6.83. The Bertz CT molecular complexity index is 646. The first-order chi connectivity index (χ1) is 10.6. The molecule has 1 amide bonds. The molecule has 0 atom stereocenters. The van der Waals surface area contributed by atoms with Gasteiger partial charge in [0.1, 0.15) is 0 Å². The highest BCUT2D eigenvalue weighted by Gasteiger charge is 2.13. The van der Waals surface area contributed by atoms with Gasteiger partial charge in [-0.2, -0.15) is 0 Å². The number of carbonyl (C=O) groups excluding carboxylic acids is 1. The second kappa shape index (κ2) is 8.19. The summed E-state index contributed by atoms with van der Waals surface area (Å²) >= 11 is 4.69. The van der Waals surface area contributed by atoms with Crippen LogP contribution in [0.2, 0.25) is 0 Å². The normalized spacial score (nSPS) is 10.6. The minimum absolute atomic E-state index is 0.0227. The van der Waals surface area contributed by atoms with Crippen LogP contribution in [-0.2, 0) is 4.79 Å². The first-order valence-corrected chi connectivity index (χ1v) is 8.75. The van der Waals surface area contributed by atoms with Gasteiger partial charge in [0.15, 0.2) is 5.82 Å². The highest BCUT2D eigenvalue weighted by atomic mass is 79.9. The molecule has 0 aliphatic carbocycles. The van der Waals surface area contributed by atoms with Crippen LogP contribution < -0.4 is 11.2 Å². The Morgan fingerprint density at radius 1 is 1.45 bits per heavy atom. The molecule has 8 heteroatoms. The van der Waals surface area contributed by atoms with E-state index in [9.17, 15) is 4.79 Å². The molecule has 0 saturated carbocycles. The Balaban J connectivity index is 1.98. The van der Waals surface area contributed by atoms with Gasteiger partial charge in [0.2, 0.25) is 11.1 Å². The third-order valence-corrected chi connectivity index (χ3v) is 4.37. The van der Waals surface area contributed by atoms with E-state index in [4.69, 9.17) is 5.84 Å². The van der Waals surface area contributed by atoms with Gasteiger partial charge in [-0.3, -0.25) is 4.79 Å². The number of halogens is 1. The average Bonchev–Trinajstić information content (AvgIpc) is 2.86. The van der Waals surface area contributed by atoms with Crippen LogP contribution in [-0.4, -0.2) is 33.1 Å². The molecule has 0 bridgehead atoms. The van der Waals surface area contributed by atoms with Crippen LogP contribution in [0.15, 0.2) is 33.9 Å². The lowest BCUT2D eigenvalue weighted by Crippen LogP contribution is -2.26. The fraction of sp³-hybridized carbons (Fsp3) is 0.357. The van der Waals surface area contributed by atoms with Crippen LogP contribution in [0, 0.1) is 0 Å². The van der Waals surface area contributed by atoms with Gasteiger partial charge in [0.25, 0.3) is 0 Å². The predicted octanol–water partition coefficient (Wildman–Crippen LogP) is 2.43. The van der Waals surface area contributed by atoms with Crippen molar-refractivity contribution in [2.45, 2.75) is 24.9 Å². The van der Waals surface area contributed by atoms with Crippen LogP contribution in [0.3, 0.4) is 0 Å². The number of nitrogens with zero attached hydrogens (tertiary/aromatic N) is 3. The van der Waals surface area contributed by atoms with Gasteiger partial charge >= 0.3 is 0 Å². The SMILES string of the molecule is CCCCNC(=O)CSc1nnc(-c2cccc(Br)c2)n1N. The molecule has 6 nitrogen and oxygen atoms in total. The molecule has 0 aliphatic rings. The van der Waals surface area contributed by atoms with Crippen molar-refractivity contribution >= 4 is 33.6 Å². The maximum absolute atomic E-state index is 11.7. The minimum atomic E-state index is -0.0227. The smallest absolute Gasteiger partial charge is 0.230 e. The van der Waals surface area contributed by atoms with E-state index in [1.165, 1.54) is 16.4 Å². The van der Waals surface area contributed by atoms with Crippen molar-refractivity contribution in [1.29, 1.82) is 0 Å². The van der Waals surface area contributed by atoms with Gasteiger partial charge < -0.3 is 11.2 Å². The van der Waals surface area contributed by atoms with Gasteiger partial charge in [0.05, 0.1) is 5.75 Å².